The maximum atomic E-state index is 10.7. The van der Waals surface area contributed by atoms with E-state index in [9.17, 15) is 4.79 Å². The largest absolute Gasteiger partial charge is 0.489 e. The summed E-state index contributed by atoms with van der Waals surface area (Å²) in [7, 11) is 0. The first-order chi connectivity index (χ1) is 10.8. The second-order valence-electron chi connectivity index (χ2n) is 7.71. The van der Waals surface area contributed by atoms with Gasteiger partial charge in [-0.05, 0) is 48.9 Å². The summed E-state index contributed by atoms with van der Waals surface area (Å²) in [5.74, 6) is 0.176. The maximum absolute atomic E-state index is 10.7. The summed E-state index contributed by atoms with van der Waals surface area (Å²) in [6.07, 6.45) is 3.51. The molecule has 1 aliphatic heterocycles. The van der Waals surface area contributed by atoms with Gasteiger partial charge < -0.3 is 9.84 Å². The number of carbonyl (C=O) groups is 1. The lowest BCUT2D eigenvalue weighted by molar-refractivity contribution is -0.137. The molecule has 1 saturated heterocycles. The number of carboxylic acids is 1. The number of aliphatic carboxylic acids is 1. The molecule has 0 bridgehead atoms. The minimum atomic E-state index is -0.734. The zero-order chi connectivity index (χ0) is 16.9. The third-order valence-electron chi connectivity index (χ3n) is 4.06. The van der Waals surface area contributed by atoms with Crippen LogP contribution in [-0.4, -0.2) is 41.7 Å². The van der Waals surface area contributed by atoms with Crippen molar-refractivity contribution in [2.24, 2.45) is 5.41 Å². The van der Waals surface area contributed by atoms with Crippen molar-refractivity contribution >= 4 is 5.97 Å². The van der Waals surface area contributed by atoms with Gasteiger partial charge in [0.25, 0.3) is 0 Å². The fraction of sp³-hybridized carbons (Fsp3) is 0.632. The molecule has 1 N–H and O–H groups in total. The monoisotopic (exact) mass is 319 g/mol. The van der Waals surface area contributed by atoms with E-state index >= 15 is 0 Å². The molecule has 1 heterocycles. The zero-order valence-corrected chi connectivity index (χ0v) is 14.5. The van der Waals surface area contributed by atoms with Gasteiger partial charge in [-0.3, -0.25) is 9.69 Å². The Morgan fingerprint density at radius 1 is 1.30 bits per heavy atom. The normalized spacial score (nSPS) is 19.5. The molecule has 0 spiro atoms. The predicted molar refractivity (Wildman–Crippen MR) is 91.9 cm³/mol. The third kappa shape index (κ3) is 6.61. The summed E-state index contributed by atoms with van der Waals surface area (Å²) in [5, 5.41) is 8.79. The number of ether oxygens (including phenoxy) is 1. The molecular weight excluding hydrogens is 290 g/mol. The lowest BCUT2D eigenvalue weighted by Crippen LogP contribution is -2.41. The highest BCUT2D eigenvalue weighted by atomic mass is 16.5. The summed E-state index contributed by atoms with van der Waals surface area (Å²) in [4.78, 5) is 12.9. The van der Waals surface area contributed by atoms with Crippen molar-refractivity contribution in [3.8, 4) is 5.75 Å². The topological polar surface area (TPSA) is 49.8 Å². The van der Waals surface area contributed by atoms with Gasteiger partial charge in [0.15, 0.2) is 0 Å². The van der Waals surface area contributed by atoms with E-state index in [4.69, 9.17) is 9.84 Å². The van der Waals surface area contributed by atoms with E-state index in [0.717, 1.165) is 38.1 Å². The fourth-order valence-electron chi connectivity index (χ4n) is 3.06. The van der Waals surface area contributed by atoms with Gasteiger partial charge in [0.2, 0.25) is 0 Å². The number of hydrogen-bond donors (Lipinski definition) is 1. The minimum Gasteiger partial charge on any atom is -0.489 e. The molecule has 0 aliphatic carbocycles. The van der Waals surface area contributed by atoms with Crippen LogP contribution in [0.4, 0.5) is 0 Å². The van der Waals surface area contributed by atoms with Gasteiger partial charge in [-0.1, -0.05) is 32.9 Å². The lowest BCUT2D eigenvalue weighted by Gasteiger charge is -2.32. The molecule has 0 radical (unpaired) electrons. The summed E-state index contributed by atoms with van der Waals surface area (Å²) in [5.41, 5.74) is 1.62. The molecule has 1 fully saturated rings. The molecule has 0 saturated carbocycles. The van der Waals surface area contributed by atoms with Crippen LogP contribution in [0.15, 0.2) is 24.3 Å². The molecule has 1 unspecified atom stereocenters. The molecule has 128 valence electrons. The molecule has 1 atom stereocenters. The van der Waals surface area contributed by atoms with E-state index in [1.54, 1.807) is 0 Å². The van der Waals surface area contributed by atoms with Crippen molar-refractivity contribution in [3.63, 3.8) is 0 Å². The van der Waals surface area contributed by atoms with Crippen LogP contribution >= 0.6 is 0 Å². The zero-order valence-electron chi connectivity index (χ0n) is 14.5. The van der Waals surface area contributed by atoms with E-state index in [-0.39, 0.29) is 17.9 Å². The fourth-order valence-corrected chi connectivity index (χ4v) is 3.06. The van der Waals surface area contributed by atoms with Gasteiger partial charge in [-0.25, -0.2) is 0 Å². The summed E-state index contributed by atoms with van der Waals surface area (Å²) >= 11 is 0. The van der Waals surface area contributed by atoms with E-state index in [1.807, 2.05) is 0 Å². The average Bonchev–Trinajstić information content (AvgIpc) is 2.46. The Bertz CT molecular complexity index is 504. The third-order valence-corrected chi connectivity index (χ3v) is 4.06. The van der Waals surface area contributed by atoms with E-state index in [0.29, 0.717) is 6.54 Å². The smallest absolute Gasteiger partial charge is 0.304 e. The van der Waals surface area contributed by atoms with Crippen molar-refractivity contribution in [3.05, 3.63) is 29.8 Å². The minimum absolute atomic E-state index is 0.158. The highest BCUT2D eigenvalue weighted by Gasteiger charge is 2.21. The van der Waals surface area contributed by atoms with Crippen molar-refractivity contribution < 1.29 is 14.6 Å². The van der Waals surface area contributed by atoms with Crippen LogP contribution in [0, 0.1) is 5.41 Å². The lowest BCUT2D eigenvalue weighted by atomic mass is 9.88. The Morgan fingerprint density at radius 2 is 2.00 bits per heavy atom. The van der Waals surface area contributed by atoms with Crippen molar-refractivity contribution in [2.45, 2.75) is 52.6 Å². The Kier molecular flexibility index (Phi) is 6.05. The number of rotatable bonds is 6. The highest BCUT2D eigenvalue weighted by molar-refractivity contribution is 5.66. The molecular formula is C19H29NO3. The molecule has 0 amide bonds. The van der Waals surface area contributed by atoms with Crippen LogP contribution in [0.3, 0.4) is 0 Å². The second kappa shape index (κ2) is 7.82. The molecule has 2 rings (SSSR count). The van der Waals surface area contributed by atoms with Crippen LogP contribution < -0.4 is 4.74 Å². The van der Waals surface area contributed by atoms with Crippen LogP contribution in [-0.2, 0) is 11.2 Å². The van der Waals surface area contributed by atoms with Crippen molar-refractivity contribution in [1.29, 1.82) is 0 Å². The Balaban J connectivity index is 1.85. The molecule has 0 aromatic heterocycles. The number of benzene rings is 1. The Hall–Kier alpha value is -1.55. The number of likely N-dealkylation sites (tertiary alicyclic amines) is 1. The summed E-state index contributed by atoms with van der Waals surface area (Å²) in [6, 6.07) is 8.39. The van der Waals surface area contributed by atoms with Gasteiger partial charge >= 0.3 is 5.97 Å². The van der Waals surface area contributed by atoms with Crippen molar-refractivity contribution in [2.75, 3.05) is 19.6 Å². The standard InChI is InChI=1S/C19H29NO3/c1-19(2,3)13-15-6-8-16(9-7-15)23-17-5-4-11-20(14-17)12-10-18(21)22/h6-9,17H,4-5,10-14H2,1-3H3,(H,21,22). The van der Waals surface area contributed by atoms with Gasteiger partial charge in [-0.2, -0.15) is 0 Å². The predicted octanol–water partition coefficient (Wildman–Crippen LogP) is 3.59. The van der Waals surface area contributed by atoms with E-state index in [1.165, 1.54) is 5.56 Å². The molecule has 1 aromatic carbocycles. The number of carboxylic acid groups (broad SMARTS) is 1. The number of piperidine rings is 1. The van der Waals surface area contributed by atoms with Gasteiger partial charge in [0.1, 0.15) is 11.9 Å². The number of hydrogen-bond acceptors (Lipinski definition) is 3. The molecule has 1 aliphatic rings. The van der Waals surface area contributed by atoms with Crippen LogP contribution in [0.1, 0.15) is 45.6 Å². The van der Waals surface area contributed by atoms with Crippen LogP contribution in [0.5, 0.6) is 5.75 Å². The molecule has 1 aromatic rings. The quantitative estimate of drug-likeness (QED) is 0.870. The Labute approximate surface area is 139 Å². The van der Waals surface area contributed by atoms with Gasteiger partial charge in [0.05, 0.1) is 6.42 Å². The average molecular weight is 319 g/mol. The molecule has 23 heavy (non-hydrogen) atoms. The summed E-state index contributed by atoms with van der Waals surface area (Å²) in [6.45, 7) is 9.12. The van der Waals surface area contributed by atoms with Crippen LogP contribution in [0.2, 0.25) is 0 Å². The SMILES string of the molecule is CC(C)(C)Cc1ccc(OC2CCCN(CCC(=O)O)C2)cc1. The first kappa shape index (κ1) is 17.8. The van der Waals surface area contributed by atoms with Gasteiger partial charge in [-0.15, -0.1) is 0 Å². The summed E-state index contributed by atoms with van der Waals surface area (Å²) < 4.78 is 6.09. The molecule has 4 nitrogen and oxygen atoms in total. The van der Waals surface area contributed by atoms with Gasteiger partial charge in [0, 0.05) is 13.1 Å². The Morgan fingerprint density at radius 3 is 2.61 bits per heavy atom. The van der Waals surface area contributed by atoms with E-state index < -0.39 is 5.97 Å². The van der Waals surface area contributed by atoms with Crippen LogP contribution in [0.25, 0.3) is 0 Å². The van der Waals surface area contributed by atoms with E-state index in [2.05, 4.69) is 49.9 Å². The number of nitrogens with zero attached hydrogens (tertiary/aromatic N) is 1. The maximum Gasteiger partial charge on any atom is 0.304 e. The first-order valence-electron chi connectivity index (χ1n) is 8.51. The second-order valence-corrected chi connectivity index (χ2v) is 7.71. The highest BCUT2D eigenvalue weighted by Crippen LogP contribution is 2.23. The van der Waals surface area contributed by atoms with Crippen molar-refractivity contribution in [1.82, 2.24) is 4.90 Å². The molecule has 4 heteroatoms. The first-order valence-corrected chi connectivity index (χ1v) is 8.51.